The Kier molecular flexibility index (Phi) is 2.47. The average Bonchev–Trinajstić information content (AvgIpc) is 2.75. The minimum atomic E-state index is 0.0861. The highest BCUT2D eigenvalue weighted by Gasteiger charge is 2.22. The molecule has 5 heteroatoms. The molecule has 1 aliphatic rings. The van der Waals surface area contributed by atoms with Crippen LogP contribution in [0.15, 0.2) is 6.20 Å². The predicted octanol–water partition coefficient (Wildman–Crippen LogP) is 0.944. The van der Waals surface area contributed by atoms with E-state index in [0.29, 0.717) is 5.82 Å². The molecule has 2 rings (SSSR count). The number of hydrogen-bond acceptors (Lipinski definition) is 3. The standard InChI is InChI=1S/C9H14N4O/c1-13-6-8(11-12-13)10-9(14)7-4-2-3-5-7/h6-7H,2-5H2,1H3,(H,10,14). The monoisotopic (exact) mass is 194 g/mol. The fraction of sp³-hybridized carbons (Fsp3) is 0.667. The summed E-state index contributed by atoms with van der Waals surface area (Å²) in [6, 6.07) is 0. The minimum absolute atomic E-state index is 0.0861. The van der Waals surface area contributed by atoms with E-state index in [1.54, 1.807) is 17.9 Å². The molecule has 0 saturated heterocycles. The molecule has 76 valence electrons. The van der Waals surface area contributed by atoms with E-state index in [4.69, 9.17) is 0 Å². The molecule has 5 nitrogen and oxygen atoms in total. The highest BCUT2D eigenvalue weighted by molar-refractivity contribution is 5.91. The van der Waals surface area contributed by atoms with E-state index in [0.717, 1.165) is 12.8 Å². The van der Waals surface area contributed by atoms with Gasteiger partial charge in [-0.3, -0.25) is 9.48 Å². The zero-order chi connectivity index (χ0) is 9.97. The van der Waals surface area contributed by atoms with Crippen molar-refractivity contribution in [1.29, 1.82) is 0 Å². The predicted molar refractivity (Wildman–Crippen MR) is 51.6 cm³/mol. The summed E-state index contributed by atoms with van der Waals surface area (Å²) in [6.07, 6.45) is 6.04. The Morgan fingerprint density at radius 2 is 2.29 bits per heavy atom. The van der Waals surface area contributed by atoms with Crippen molar-refractivity contribution in [2.45, 2.75) is 25.7 Å². The van der Waals surface area contributed by atoms with Crippen LogP contribution in [0.25, 0.3) is 0 Å². The maximum absolute atomic E-state index is 11.6. The van der Waals surface area contributed by atoms with Gasteiger partial charge < -0.3 is 5.32 Å². The maximum atomic E-state index is 11.6. The van der Waals surface area contributed by atoms with Crippen LogP contribution in [0, 0.1) is 5.92 Å². The number of aryl methyl sites for hydroxylation is 1. The van der Waals surface area contributed by atoms with Crippen molar-refractivity contribution in [2.24, 2.45) is 13.0 Å². The number of amides is 1. The molecule has 0 atom stereocenters. The van der Waals surface area contributed by atoms with Crippen molar-refractivity contribution in [3.05, 3.63) is 6.20 Å². The fourth-order valence-corrected chi connectivity index (χ4v) is 1.82. The molecule has 0 radical (unpaired) electrons. The number of rotatable bonds is 2. The fourth-order valence-electron chi connectivity index (χ4n) is 1.82. The zero-order valence-corrected chi connectivity index (χ0v) is 8.23. The van der Waals surface area contributed by atoms with Crippen LogP contribution in [0.4, 0.5) is 5.82 Å². The minimum Gasteiger partial charge on any atom is -0.308 e. The van der Waals surface area contributed by atoms with Crippen LogP contribution >= 0.6 is 0 Å². The molecule has 1 aromatic rings. The highest BCUT2D eigenvalue weighted by Crippen LogP contribution is 2.25. The number of nitrogens with one attached hydrogen (secondary N) is 1. The van der Waals surface area contributed by atoms with Gasteiger partial charge in [0.15, 0.2) is 5.82 Å². The third kappa shape index (κ3) is 1.92. The molecular formula is C9H14N4O. The zero-order valence-electron chi connectivity index (χ0n) is 8.23. The van der Waals surface area contributed by atoms with Gasteiger partial charge in [0.1, 0.15) is 0 Å². The smallest absolute Gasteiger partial charge is 0.228 e. The first kappa shape index (κ1) is 9.18. The lowest BCUT2D eigenvalue weighted by molar-refractivity contribution is -0.119. The van der Waals surface area contributed by atoms with E-state index in [2.05, 4.69) is 15.6 Å². The van der Waals surface area contributed by atoms with Gasteiger partial charge in [-0.25, -0.2) is 0 Å². The van der Waals surface area contributed by atoms with E-state index >= 15 is 0 Å². The first-order valence-electron chi connectivity index (χ1n) is 4.93. The molecule has 1 fully saturated rings. The summed E-state index contributed by atoms with van der Waals surface area (Å²) < 4.78 is 1.57. The molecule has 1 aliphatic carbocycles. The Labute approximate surface area is 82.5 Å². The quantitative estimate of drug-likeness (QED) is 0.762. The summed E-state index contributed by atoms with van der Waals surface area (Å²) >= 11 is 0. The Morgan fingerprint density at radius 1 is 1.57 bits per heavy atom. The van der Waals surface area contributed by atoms with Crippen LogP contribution in [0.2, 0.25) is 0 Å². The van der Waals surface area contributed by atoms with Gasteiger partial charge in [-0.05, 0) is 12.8 Å². The number of carbonyl (C=O) groups is 1. The molecule has 1 heterocycles. The first-order valence-corrected chi connectivity index (χ1v) is 4.93. The molecule has 0 aliphatic heterocycles. The van der Waals surface area contributed by atoms with Gasteiger partial charge in [0.05, 0.1) is 6.20 Å². The lowest BCUT2D eigenvalue weighted by Crippen LogP contribution is -2.20. The largest absolute Gasteiger partial charge is 0.308 e. The van der Waals surface area contributed by atoms with Crippen LogP contribution in [-0.2, 0) is 11.8 Å². The second kappa shape index (κ2) is 3.77. The highest BCUT2D eigenvalue weighted by atomic mass is 16.2. The average molecular weight is 194 g/mol. The van der Waals surface area contributed by atoms with Gasteiger partial charge in [0.2, 0.25) is 5.91 Å². The van der Waals surface area contributed by atoms with Crippen LogP contribution in [0.1, 0.15) is 25.7 Å². The third-order valence-corrected chi connectivity index (χ3v) is 2.58. The van der Waals surface area contributed by atoms with Gasteiger partial charge in [-0.2, -0.15) is 0 Å². The Balaban J connectivity index is 1.93. The lowest BCUT2D eigenvalue weighted by atomic mass is 10.1. The van der Waals surface area contributed by atoms with Crippen molar-refractivity contribution in [3.8, 4) is 0 Å². The number of hydrogen-bond donors (Lipinski definition) is 1. The summed E-state index contributed by atoms with van der Waals surface area (Å²) in [5.74, 6) is 0.810. The summed E-state index contributed by atoms with van der Waals surface area (Å²) in [4.78, 5) is 11.6. The SMILES string of the molecule is Cn1cc(NC(=O)C2CCCC2)nn1. The summed E-state index contributed by atoms with van der Waals surface area (Å²) in [5, 5.41) is 10.3. The van der Waals surface area contributed by atoms with Crippen LogP contribution in [0.5, 0.6) is 0 Å². The Morgan fingerprint density at radius 3 is 2.86 bits per heavy atom. The molecular weight excluding hydrogens is 180 g/mol. The normalized spacial score (nSPS) is 17.2. The third-order valence-electron chi connectivity index (χ3n) is 2.58. The van der Waals surface area contributed by atoms with Gasteiger partial charge in [-0.1, -0.05) is 18.1 Å². The van der Waals surface area contributed by atoms with Crippen LogP contribution < -0.4 is 5.32 Å². The topological polar surface area (TPSA) is 59.8 Å². The maximum Gasteiger partial charge on any atom is 0.228 e. The molecule has 0 aromatic carbocycles. The molecule has 0 spiro atoms. The van der Waals surface area contributed by atoms with E-state index in [-0.39, 0.29) is 11.8 Å². The van der Waals surface area contributed by atoms with Crippen molar-refractivity contribution in [3.63, 3.8) is 0 Å². The molecule has 14 heavy (non-hydrogen) atoms. The van der Waals surface area contributed by atoms with Gasteiger partial charge in [0.25, 0.3) is 0 Å². The number of aromatic nitrogens is 3. The van der Waals surface area contributed by atoms with Crippen molar-refractivity contribution < 1.29 is 4.79 Å². The van der Waals surface area contributed by atoms with E-state index in [1.807, 2.05) is 0 Å². The van der Waals surface area contributed by atoms with E-state index < -0.39 is 0 Å². The molecule has 1 saturated carbocycles. The van der Waals surface area contributed by atoms with Crippen molar-refractivity contribution >= 4 is 11.7 Å². The van der Waals surface area contributed by atoms with E-state index in [9.17, 15) is 4.79 Å². The Hall–Kier alpha value is -1.39. The second-order valence-electron chi connectivity index (χ2n) is 3.75. The second-order valence-corrected chi connectivity index (χ2v) is 3.75. The summed E-state index contributed by atoms with van der Waals surface area (Å²) in [5.41, 5.74) is 0. The van der Waals surface area contributed by atoms with Crippen molar-refractivity contribution in [2.75, 3.05) is 5.32 Å². The molecule has 1 amide bonds. The lowest BCUT2D eigenvalue weighted by Gasteiger charge is -2.06. The molecule has 1 aromatic heterocycles. The molecule has 1 N–H and O–H groups in total. The van der Waals surface area contributed by atoms with Crippen LogP contribution in [-0.4, -0.2) is 20.9 Å². The summed E-state index contributed by atoms with van der Waals surface area (Å²) in [6.45, 7) is 0. The number of carbonyl (C=O) groups excluding carboxylic acids is 1. The summed E-state index contributed by atoms with van der Waals surface area (Å²) in [7, 11) is 1.78. The number of nitrogens with zero attached hydrogens (tertiary/aromatic N) is 3. The van der Waals surface area contributed by atoms with Gasteiger partial charge in [-0.15, -0.1) is 5.10 Å². The van der Waals surface area contributed by atoms with Crippen molar-refractivity contribution in [1.82, 2.24) is 15.0 Å². The van der Waals surface area contributed by atoms with Crippen LogP contribution in [0.3, 0.4) is 0 Å². The van der Waals surface area contributed by atoms with E-state index in [1.165, 1.54) is 12.8 Å². The Bertz CT molecular complexity index is 327. The molecule has 0 bridgehead atoms. The van der Waals surface area contributed by atoms with Gasteiger partial charge >= 0.3 is 0 Å². The number of anilines is 1. The van der Waals surface area contributed by atoms with Gasteiger partial charge in [0, 0.05) is 13.0 Å². The first-order chi connectivity index (χ1) is 6.75. The molecule has 0 unspecified atom stereocenters.